The number of aromatic nitrogens is 2. The van der Waals surface area contributed by atoms with Gasteiger partial charge in [-0.2, -0.15) is 0 Å². The van der Waals surface area contributed by atoms with Gasteiger partial charge in [0.2, 0.25) is 0 Å². The molecule has 1 aliphatic carbocycles. The zero-order valence-corrected chi connectivity index (χ0v) is 11.3. The highest BCUT2D eigenvalue weighted by molar-refractivity contribution is 5.83. The van der Waals surface area contributed by atoms with Crippen LogP contribution in [0.25, 0.3) is 23.1 Å². The van der Waals surface area contributed by atoms with Crippen LogP contribution < -0.4 is 10.6 Å². The number of allylic oxidation sites excluding steroid dienone is 2. The minimum Gasteiger partial charge on any atom is -0.353 e. The van der Waals surface area contributed by atoms with E-state index in [0.29, 0.717) is 0 Å². The molecule has 2 nitrogen and oxygen atoms in total. The van der Waals surface area contributed by atoms with Crippen LogP contribution in [-0.4, -0.2) is 9.97 Å². The molecule has 2 aromatic rings. The molecule has 2 aromatic heterocycles. The van der Waals surface area contributed by atoms with Crippen molar-refractivity contribution in [1.82, 2.24) is 9.97 Å². The predicted octanol–water partition coefficient (Wildman–Crippen LogP) is 2.92. The molecule has 0 atom stereocenters. The lowest BCUT2D eigenvalue weighted by Crippen LogP contribution is -2.21. The zero-order valence-electron chi connectivity index (χ0n) is 11.3. The number of rotatable bonds is 1. The fraction of sp³-hybridized carbons (Fsp3) is 0.312. The summed E-state index contributed by atoms with van der Waals surface area (Å²) in [6.07, 6.45) is 12.6. The number of nitrogens with one attached hydrogen (secondary N) is 1. The van der Waals surface area contributed by atoms with Gasteiger partial charge in [0.05, 0.1) is 11.2 Å². The topological polar surface area (TPSA) is 28.7 Å². The van der Waals surface area contributed by atoms with E-state index in [1.54, 1.807) is 0 Å². The van der Waals surface area contributed by atoms with Crippen molar-refractivity contribution >= 4 is 23.1 Å². The number of pyridine rings is 1. The Kier molecular flexibility index (Phi) is 3.98. The van der Waals surface area contributed by atoms with Gasteiger partial charge in [-0.05, 0) is 25.0 Å². The largest absolute Gasteiger partial charge is 0.353 e. The third kappa shape index (κ3) is 2.10. The first-order valence-electron chi connectivity index (χ1n) is 6.72. The molecule has 0 bridgehead atoms. The molecular weight excluding hydrogens is 220 g/mol. The summed E-state index contributed by atoms with van der Waals surface area (Å²) in [7, 11) is 0. The monoisotopic (exact) mass is 242 g/mol. The molecule has 0 unspecified atom stereocenters. The predicted molar refractivity (Wildman–Crippen MR) is 80.9 cm³/mol. The standard InChI is InChI=1S/C14H14N2.C2H6.H2/c1-2-12-14-11(8-9-15-12)10-6-4-3-5-7-13(10)16-14;1-2;/h3,5-9,16H,2,4H2,1H3;1-2H3;1H. The number of aromatic amines is 1. The second-order valence-corrected chi connectivity index (χ2v) is 4.02. The van der Waals surface area contributed by atoms with E-state index < -0.39 is 0 Å². The SMILES string of the molecule is CC.CCc1nccc2c3c([nH]c12)=CC=CCC=3.[HH]. The van der Waals surface area contributed by atoms with Gasteiger partial charge in [-0.3, -0.25) is 4.98 Å². The van der Waals surface area contributed by atoms with Crippen LogP contribution in [0.3, 0.4) is 0 Å². The maximum Gasteiger partial charge on any atom is 0.0683 e. The van der Waals surface area contributed by atoms with Crippen molar-refractivity contribution in [2.75, 3.05) is 0 Å². The molecule has 2 heterocycles. The van der Waals surface area contributed by atoms with Crippen LogP contribution in [0, 0.1) is 0 Å². The molecule has 1 N–H and O–H groups in total. The molecule has 0 aliphatic heterocycles. The molecule has 2 heteroatoms. The van der Waals surface area contributed by atoms with Gasteiger partial charge in [0.15, 0.2) is 0 Å². The van der Waals surface area contributed by atoms with Gasteiger partial charge in [-0.1, -0.05) is 39.0 Å². The van der Waals surface area contributed by atoms with Crippen molar-refractivity contribution in [3.8, 4) is 0 Å². The average molecular weight is 242 g/mol. The Balaban J connectivity index is 0.000000576. The molecule has 0 saturated carbocycles. The minimum atomic E-state index is 0. The maximum atomic E-state index is 4.42. The number of hydrogen-bond donors (Lipinski definition) is 1. The Labute approximate surface area is 109 Å². The molecule has 0 radical (unpaired) electrons. The molecule has 0 saturated heterocycles. The van der Waals surface area contributed by atoms with Gasteiger partial charge in [-0.25, -0.2) is 0 Å². The van der Waals surface area contributed by atoms with Crippen LogP contribution in [0.1, 0.15) is 34.3 Å². The summed E-state index contributed by atoms with van der Waals surface area (Å²) in [6.45, 7) is 6.14. The first-order valence-corrected chi connectivity index (χ1v) is 6.72. The van der Waals surface area contributed by atoms with Crippen molar-refractivity contribution in [3.63, 3.8) is 0 Å². The molecule has 0 fully saturated rings. The minimum absolute atomic E-state index is 0. The van der Waals surface area contributed by atoms with Gasteiger partial charge in [-0.15, -0.1) is 0 Å². The second-order valence-electron chi connectivity index (χ2n) is 4.02. The molecular formula is C16H22N2. The maximum absolute atomic E-state index is 4.42. The fourth-order valence-electron chi connectivity index (χ4n) is 2.26. The number of fused-ring (bicyclic) bond motifs is 3. The van der Waals surface area contributed by atoms with Gasteiger partial charge in [0.1, 0.15) is 0 Å². The summed E-state index contributed by atoms with van der Waals surface area (Å²) >= 11 is 0. The summed E-state index contributed by atoms with van der Waals surface area (Å²) in [5.74, 6) is 0. The Morgan fingerprint density at radius 3 is 3.00 bits per heavy atom. The number of nitrogens with zero attached hydrogens (tertiary/aromatic N) is 1. The van der Waals surface area contributed by atoms with Crippen LogP contribution in [-0.2, 0) is 6.42 Å². The first-order chi connectivity index (χ1) is 8.90. The van der Waals surface area contributed by atoms with Crippen molar-refractivity contribution < 1.29 is 1.43 Å². The lowest BCUT2D eigenvalue weighted by molar-refractivity contribution is 1.05. The molecule has 3 rings (SSSR count). The van der Waals surface area contributed by atoms with Crippen LogP contribution in [0.2, 0.25) is 0 Å². The first kappa shape index (κ1) is 12.6. The van der Waals surface area contributed by atoms with Crippen LogP contribution >= 0.6 is 0 Å². The van der Waals surface area contributed by atoms with E-state index in [-0.39, 0.29) is 1.43 Å². The Morgan fingerprint density at radius 2 is 2.22 bits per heavy atom. The Bertz CT molecular complexity index is 681. The molecule has 0 aromatic carbocycles. The molecule has 96 valence electrons. The average Bonchev–Trinajstić information content (AvgIpc) is 2.63. The van der Waals surface area contributed by atoms with E-state index in [2.05, 4.69) is 47.3 Å². The molecule has 0 spiro atoms. The third-order valence-corrected chi connectivity index (χ3v) is 3.06. The lowest BCUT2D eigenvalue weighted by Gasteiger charge is -1.96. The highest BCUT2D eigenvalue weighted by Gasteiger charge is 2.05. The van der Waals surface area contributed by atoms with Gasteiger partial charge >= 0.3 is 0 Å². The van der Waals surface area contributed by atoms with Crippen LogP contribution in [0.4, 0.5) is 0 Å². The van der Waals surface area contributed by atoms with E-state index >= 15 is 0 Å². The highest BCUT2D eigenvalue weighted by Crippen LogP contribution is 2.10. The summed E-state index contributed by atoms with van der Waals surface area (Å²) in [5.41, 5.74) is 2.34. The normalized spacial score (nSPS) is 12.8. The van der Waals surface area contributed by atoms with Crippen molar-refractivity contribution in [3.05, 3.63) is 40.7 Å². The van der Waals surface area contributed by atoms with Crippen molar-refractivity contribution in [2.45, 2.75) is 33.6 Å². The lowest BCUT2D eigenvalue weighted by atomic mass is 10.2. The second kappa shape index (κ2) is 5.67. The Morgan fingerprint density at radius 1 is 1.39 bits per heavy atom. The third-order valence-electron chi connectivity index (χ3n) is 3.06. The summed E-state index contributed by atoms with van der Waals surface area (Å²) in [4.78, 5) is 7.89. The molecule has 18 heavy (non-hydrogen) atoms. The van der Waals surface area contributed by atoms with Gasteiger partial charge in [0, 0.05) is 23.6 Å². The van der Waals surface area contributed by atoms with E-state index in [4.69, 9.17) is 0 Å². The number of aryl methyl sites for hydroxylation is 1. The quantitative estimate of drug-likeness (QED) is 0.818. The molecule has 0 amide bonds. The van der Waals surface area contributed by atoms with Crippen molar-refractivity contribution in [1.29, 1.82) is 0 Å². The summed E-state index contributed by atoms with van der Waals surface area (Å²) < 4.78 is 0. The van der Waals surface area contributed by atoms with Gasteiger partial charge < -0.3 is 4.98 Å². The van der Waals surface area contributed by atoms with Gasteiger partial charge in [0.25, 0.3) is 0 Å². The van der Waals surface area contributed by atoms with E-state index in [1.165, 1.54) is 21.5 Å². The van der Waals surface area contributed by atoms with E-state index in [1.807, 2.05) is 20.0 Å². The van der Waals surface area contributed by atoms with Crippen LogP contribution in [0.15, 0.2) is 24.4 Å². The number of hydrogen-bond acceptors (Lipinski definition) is 1. The summed E-state index contributed by atoms with van der Waals surface area (Å²) in [6, 6.07) is 2.10. The summed E-state index contributed by atoms with van der Waals surface area (Å²) in [5, 5.41) is 3.81. The Hall–Kier alpha value is -1.83. The van der Waals surface area contributed by atoms with E-state index in [9.17, 15) is 0 Å². The molecule has 1 aliphatic rings. The van der Waals surface area contributed by atoms with E-state index in [0.717, 1.165) is 18.5 Å². The smallest absolute Gasteiger partial charge is 0.0683 e. The van der Waals surface area contributed by atoms with Crippen LogP contribution in [0.5, 0.6) is 0 Å². The van der Waals surface area contributed by atoms with Crippen molar-refractivity contribution in [2.24, 2.45) is 0 Å². The highest BCUT2D eigenvalue weighted by atomic mass is 14.8. The zero-order chi connectivity index (χ0) is 13.0. The number of H-pyrrole nitrogens is 1. The fourth-order valence-corrected chi connectivity index (χ4v) is 2.26.